The van der Waals surface area contributed by atoms with Crippen molar-refractivity contribution >= 4 is 17.7 Å². The molecule has 3 aromatic carbocycles. The second kappa shape index (κ2) is 11.1. The molecule has 0 aliphatic carbocycles. The highest BCUT2D eigenvalue weighted by Crippen LogP contribution is 2.39. The van der Waals surface area contributed by atoms with Crippen LogP contribution in [0.1, 0.15) is 32.6 Å². The van der Waals surface area contributed by atoms with Crippen molar-refractivity contribution in [1.82, 2.24) is 9.78 Å². The molecule has 0 atom stereocenters. The van der Waals surface area contributed by atoms with E-state index in [1.54, 1.807) is 30.3 Å². The Morgan fingerprint density at radius 1 is 0.780 bits per heavy atom. The van der Waals surface area contributed by atoms with Gasteiger partial charge in [0.25, 0.3) is 0 Å². The van der Waals surface area contributed by atoms with E-state index in [2.05, 4.69) is 5.10 Å². The number of rotatable bonds is 6. The first-order valence-electron chi connectivity index (χ1n) is 11.5. The summed E-state index contributed by atoms with van der Waals surface area (Å²) in [5, 5.41) is 4.61. The van der Waals surface area contributed by atoms with Crippen LogP contribution in [0.15, 0.2) is 82.7 Å². The molecule has 0 saturated heterocycles. The molecule has 14 heteroatoms. The lowest BCUT2D eigenvalue weighted by Crippen LogP contribution is -2.14. The lowest BCUT2D eigenvalue weighted by Gasteiger charge is -2.14. The zero-order chi connectivity index (χ0) is 30.2. The lowest BCUT2D eigenvalue weighted by atomic mass is 10.0. The quantitative estimate of drug-likeness (QED) is 0.163. The summed E-state index contributed by atoms with van der Waals surface area (Å²) < 4.78 is 126. The van der Waals surface area contributed by atoms with E-state index in [-0.39, 0.29) is 39.4 Å². The predicted molar refractivity (Wildman–Crippen MR) is 130 cm³/mol. The normalized spacial score (nSPS) is 12.4. The van der Waals surface area contributed by atoms with Crippen molar-refractivity contribution in [2.24, 2.45) is 7.05 Å². The van der Waals surface area contributed by atoms with Gasteiger partial charge in [-0.3, -0.25) is 4.68 Å². The number of hydrogen-bond acceptors (Lipinski definition) is 4. The molecular formula is C27H17F9N2O2S. The number of esters is 1. The number of nitrogens with zero attached hydrogens (tertiary/aromatic N) is 2. The van der Waals surface area contributed by atoms with Gasteiger partial charge in [0.15, 0.2) is 0 Å². The molecule has 0 fully saturated rings. The van der Waals surface area contributed by atoms with Crippen LogP contribution in [0.5, 0.6) is 0 Å². The molecule has 0 N–H and O–H groups in total. The van der Waals surface area contributed by atoms with Crippen molar-refractivity contribution in [3.05, 3.63) is 101 Å². The Kier molecular flexibility index (Phi) is 8.16. The molecular weight excluding hydrogens is 587 g/mol. The van der Waals surface area contributed by atoms with Crippen molar-refractivity contribution in [3.63, 3.8) is 0 Å². The number of carbonyl (C=O) groups excluding carboxylic acids is 1. The molecule has 4 rings (SSSR count). The topological polar surface area (TPSA) is 44.1 Å². The number of ether oxygens (including phenoxy) is 1. The predicted octanol–water partition coefficient (Wildman–Crippen LogP) is 8.65. The van der Waals surface area contributed by atoms with Crippen LogP contribution in [0.2, 0.25) is 0 Å². The van der Waals surface area contributed by atoms with Crippen LogP contribution < -0.4 is 0 Å². The highest BCUT2D eigenvalue weighted by molar-refractivity contribution is 7.99. The minimum atomic E-state index is -5.17. The molecule has 0 unspecified atom stereocenters. The largest absolute Gasteiger partial charge is 0.457 e. The van der Waals surface area contributed by atoms with Crippen molar-refractivity contribution in [3.8, 4) is 11.3 Å². The van der Waals surface area contributed by atoms with Gasteiger partial charge in [-0.25, -0.2) is 4.79 Å². The highest BCUT2D eigenvalue weighted by atomic mass is 32.2. The SMILES string of the molecule is Cn1nc(-c2ccccc2)c(COC(=O)c2cc(C(F)(F)F)cc(C(F)(F)F)c2)c1Sc1cccc(C(F)(F)F)c1. The van der Waals surface area contributed by atoms with Gasteiger partial charge < -0.3 is 4.74 Å². The van der Waals surface area contributed by atoms with E-state index in [1.807, 2.05) is 0 Å². The first kappa shape index (κ1) is 30.0. The van der Waals surface area contributed by atoms with Crippen molar-refractivity contribution in [2.75, 3.05) is 0 Å². The van der Waals surface area contributed by atoms with Crippen molar-refractivity contribution in [2.45, 2.75) is 35.1 Å². The Labute approximate surface area is 230 Å². The molecule has 0 radical (unpaired) electrons. The molecule has 216 valence electrons. The number of benzene rings is 3. The highest BCUT2D eigenvalue weighted by Gasteiger charge is 2.38. The van der Waals surface area contributed by atoms with E-state index in [4.69, 9.17) is 4.74 Å². The van der Waals surface area contributed by atoms with Gasteiger partial charge in [0.1, 0.15) is 17.3 Å². The average molecular weight is 604 g/mol. The lowest BCUT2D eigenvalue weighted by molar-refractivity contribution is -0.143. The first-order chi connectivity index (χ1) is 19.0. The summed E-state index contributed by atoms with van der Waals surface area (Å²) in [5.74, 6) is -1.47. The van der Waals surface area contributed by atoms with Crippen molar-refractivity contribution in [1.29, 1.82) is 0 Å². The Morgan fingerprint density at radius 3 is 1.93 bits per heavy atom. The zero-order valence-corrected chi connectivity index (χ0v) is 21.5. The maximum absolute atomic E-state index is 13.3. The van der Waals surface area contributed by atoms with Crippen LogP contribution in [0.4, 0.5) is 39.5 Å². The van der Waals surface area contributed by atoms with Crippen LogP contribution in [0, 0.1) is 0 Å². The van der Waals surface area contributed by atoms with Gasteiger partial charge in [0, 0.05) is 23.1 Å². The van der Waals surface area contributed by atoms with E-state index >= 15 is 0 Å². The number of halogens is 9. The summed E-state index contributed by atoms with van der Waals surface area (Å²) in [6.45, 7) is -0.657. The number of hydrogen-bond donors (Lipinski definition) is 0. The van der Waals surface area contributed by atoms with Gasteiger partial charge in [-0.15, -0.1) is 0 Å². The van der Waals surface area contributed by atoms with E-state index in [9.17, 15) is 44.3 Å². The third-order valence-corrected chi connectivity index (χ3v) is 6.88. The summed E-state index contributed by atoms with van der Waals surface area (Å²) >= 11 is 0.857. The minimum Gasteiger partial charge on any atom is -0.457 e. The minimum absolute atomic E-state index is 0.116. The third-order valence-electron chi connectivity index (χ3n) is 5.68. The third kappa shape index (κ3) is 7.04. The molecule has 0 spiro atoms. The molecule has 4 nitrogen and oxygen atoms in total. The number of carbonyl (C=O) groups is 1. The Bertz CT molecular complexity index is 1530. The smallest absolute Gasteiger partial charge is 0.416 e. The van der Waals surface area contributed by atoms with E-state index in [0.29, 0.717) is 5.56 Å². The van der Waals surface area contributed by atoms with Gasteiger partial charge in [-0.05, 0) is 36.4 Å². The van der Waals surface area contributed by atoms with E-state index < -0.39 is 53.4 Å². The van der Waals surface area contributed by atoms with Crippen LogP contribution in [-0.2, 0) is 36.9 Å². The van der Waals surface area contributed by atoms with Gasteiger partial charge in [0.2, 0.25) is 0 Å². The van der Waals surface area contributed by atoms with Gasteiger partial charge >= 0.3 is 24.5 Å². The standard InChI is InChI=1S/C27H17F9N2O2S/c1-38-23(41-20-9-5-8-17(13-20)25(28,29)30)21(22(37-38)15-6-3-2-4-7-15)14-40-24(39)16-10-18(26(31,32)33)12-19(11-16)27(34,35)36/h2-13H,14H2,1H3. The number of aryl methyl sites for hydroxylation is 1. The monoisotopic (exact) mass is 604 g/mol. The fourth-order valence-electron chi connectivity index (χ4n) is 3.78. The second-order valence-corrected chi connectivity index (χ2v) is 9.68. The van der Waals surface area contributed by atoms with Gasteiger partial charge in [-0.2, -0.15) is 44.6 Å². The molecule has 4 aromatic rings. The maximum Gasteiger partial charge on any atom is 0.416 e. The summed E-state index contributed by atoms with van der Waals surface area (Å²) in [7, 11) is 1.48. The Morgan fingerprint density at radius 2 is 1.37 bits per heavy atom. The summed E-state index contributed by atoms with van der Waals surface area (Å²) in [4.78, 5) is 12.9. The van der Waals surface area contributed by atoms with Crippen LogP contribution >= 0.6 is 11.8 Å². The maximum atomic E-state index is 13.3. The molecule has 1 heterocycles. The number of alkyl halides is 9. The Balaban J connectivity index is 1.72. The fraction of sp³-hybridized carbons (Fsp3) is 0.185. The molecule has 0 saturated carbocycles. The molecule has 0 bridgehead atoms. The van der Waals surface area contributed by atoms with Crippen LogP contribution in [0.3, 0.4) is 0 Å². The number of aromatic nitrogens is 2. The van der Waals surface area contributed by atoms with Gasteiger partial charge in [-0.1, -0.05) is 48.2 Å². The van der Waals surface area contributed by atoms with Crippen LogP contribution in [-0.4, -0.2) is 15.7 Å². The van der Waals surface area contributed by atoms with E-state index in [0.717, 1.165) is 23.9 Å². The van der Waals surface area contributed by atoms with Crippen LogP contribution in [0.25, 0.3) is 11.3 Å². The van der Waals surface area contributed by atoms with E-state index in [1.165, 1.54) is 23.9 Å². The fourth-order valence-corrected chi connectivity index (χ4v) is 4.79. The first-order valence-corrected chi connectivity index (χ1v) is 12.3. The average Bonchev–Trinajstić information content (AvgIpc) is 3.20. The Hall–Kier alpha value is -3.94. The second-order valence-electron chi connectivity index (χ2n) is 8.62. The molecule has 41 heavy (non-hydrogen) atoms. The molecule has 0 aliphatic heterocycles. The molecule has 0 amide bonds. The molecule has 1 aromatic heterocycles. The molecule has 0 aliphatic rings. The zero-order valence-electron chi connectivity index (χ0n) is 20.7. The van der Waals surface area contributed by atoms with Gasteiger partial charge in [0.05, 0.1) is 22.3 Å². The summed E-state index contributed by atoms with van der Waals surface area (Å²) in [6, 6.07) is 13.1. The summed E-state index contributed by atoms with van der Waals surface area (Å²) in [5.41, 5.74) is -4.33. The summed E-state index contributed by atoms with van der Waals surface area (Å²) in [6.07, 6.45) is -15.0. The van der Waals surface area contributed by atoms with Crippen molar-refractivity contribution < 1.29 is 49.0 Å².